The van der Waals surface area contributed by atoms with Gasteiger partial charge in [0.1, 0.15) is 11.6 Å². The van der Waals surface area contributed by atoms with Crippen molar-refractivity contribution in [1.82, 2.24) is 0 Å². The number of halogens is 2. The van der Waals surface area contributed by atoms with E-state index in [2.05, 4.69) is 164 Å². The Morgan fingerprint density at radius 1 is 0.390 bits per heavy atom. The summed E-state index contributed by atoms with van der Waals surface area (Å²) in [6.07, 6.45) is 0. The van der Waals surface area contributed by atoms with Gasteiger partial charge in [0, 0.05) is 39.5 Å². The Morgan fingerprint density at radius 2 is 0.881 bits per heavy atom. The highest BCUT2D eigenvalue weighted by Crippen LogP contribution is 2.57. The molecule has 0 amide bonds. The molecule has 0 fully saturated rings. The van der Waals surface area contributed by atoms with Gasteiger partial charge in [-0.25, -0.2) is 8.78 Å². The van der Waals surface area contributed by atoms with Gasteiger partial charge in [0.15, 0.2) is 0 Å². The fourth-order valence-corrected chi connectivity index (χ4v) is 9.66. The predicted molar refractivity (Wildman–Crippen MR) is 242 cm³/mol. The Hall–Kier alpha value is -7.30. The van der Waals surface area contributed by atoms with Gasteiger partial charge in [-0.2, -0.15) is 0 Å². The Labute approximate surface area is 342 Å². The Bertz CT molecular complexity index is 3090. The van der Waals surface area contributed by atoms with Crippen molar-refractivity contribution in [2.45, 2.75) is 19.3 Å². The SMILES string of the molecule is CC1(C)c2cc(N(c3ccccc3)c3ccccc3)ccc2-c2c1c1cccc3c(-c4ccc(N(c5ccc(F)cc5)c5ccc(F)cc5)cc4)cc4cccc2c4c31. The van der Waals surface area contributed by atoms with Crippen molar-refractivity contribution < 1.29 is 8.78 Å². The summed E-state index contributed by atoms with van der Waals surface area (Å²) in [6.45, 7) is 4.77. The number of fused-ring (bicyclic) bond motifs is 5. The van der Waals surface area contributed by atoms with Gasteiger partial charge in [0.05, 0.1) is 0 Å². The van der Waals surface area contributed by atoms with Crippen molar-refractivity contribution in [3.05, 3.63) is 217 Å². The van der Waals surface area contributed by atoms with Crippen molar-refractivity contribution in [3.63, 3.8) is 0 Å². The summed E-state index contributed by atoms with van der Waals surface area (Å²) in [6, 6.07) is 65.4. The van der Waals surface area contributed by atoms with Crippen molar-refractivity contribution in [2.75, 3.05) is 9.80 Å². The van der Waals surface area contributed by atoms with Crippen molar-refractivity contribution in [3.8, 4) is 22.3 Å². The molecule has 10 aromatic carbocycles. The van der Waals surface area contributed by atoms with Crippen LogP contribution in [0.2, 0.25) is 0 Å². The second-order valence-electron chi connectivity index (χ2n) is 16.0. The lowest BCUT2D eigenvalue weighted by molar-refractivity contribution is 0.628. The minimum Gasteiger partial charge on any atom is -0.310 e. The van der Waals surface area contributed by atoms with Crippen LogP contribution in [0.5, 0.6) is 0 Å². The molecule has 59 heavy (non-hydrogen) atoms. The molecule has 0 spiro atoms. The molecule has 0 aromatic heterocycles. The molecule has 282 valence electrons. The van der Waals surface area contributed by atoms with E-state index in [0.29, 0.717) is 0 Å². The zero-order valence-electron chi connectivity index (χ0n) is 32.6. The molecule has 0 saturated heterocycles. The lowest BCUT2D eigenvalue weighted by Gasteiger charge is -2.28. The molecule has 2 nitrogen and oxygen atoms in total. The third-order valence-electron chi connectivity index (χ3n) is 12.3. The molecular weight excluding hydrogens is 727 g/mol. The fraction of sp³-hybridized carbons (Fsp3) is 0.0545. The van der Waals surface area contributed by atoms with Crippen LogP contribution in [-0.4, -0.2) is 0 Å². The molecular formula is C55H38F2N2. The molecule has 4 heteroatoms. The monoisotopic (exact) mass is 764 g/mol. The van der Waals surface area contributed by atoms with Crippen LogP contribution < -0.4 is 9.80 Å². The largest absolute Gasteiger partial charge is 0.310 e. The lowest BCUT2D eigenvalue weighted by Crippen LogP contribution is -2.17. The highest BCUT2D eigenvalue weighted by Gasteiger charge is 2.39. The molecule has 0 bridgehead atoms. The van der Waals surface area contributed by atoms with Gasteiger partial charge in [-0.05, 0) is 169 Å². The third-order valence-corrected chi connectivity index (χ3v) is 12.3. The average molecular weight is 765 g/mol. The zero-order valence-corrected chi connectivity index (χ0v) is 32.6. The van der Waals surface area contributed by atoms with E-state index < -0.39 is 0 Å². The first-order chi connectivity index (χ1) is 28.8. The van der Waals surface area contributed by atoms with Crippen LogP contribution in [-0.2, 0) is 5.41 Å². The minimum atomic E-state index is -0.308. The van der Waals surface area contributed by atoms with Crippen molar-refractivity contribution >= 4 is 66.4 Å². The standard InChI is InChI=1S/C55H38F2N2/c1-55(2)50-34-44(59(39-12-5-3-6-13-39)40-14-7-4-8-15-40)31-32-46(50)53-47-17-9-11-36-33-49(45-16-10-18-48(54(53)55)52(45)51(36)47)35-19-25-41(26-20-35)58(42-27-21-37(56)22-28-42)43-29-23-38(57)24-30-43/h3-34H,1-2H3. The quantitative estimate of drug-likeness (QED) is 0.149. The van der Waals surface area contributed by atoms with E-state index in [0.717, 1.165) is 45.3 Å². The predicted octanol–water partition coefficient (Wildman–Crippen LogP) is 15.8. The van der Waals surface area contributed by atoms with Gasteiger partial charge in [-0.3, -0.25) is 0 Å². The number of anilines is 6. The average Bonchev–Trinajstić information content (AvgIpc) is 3.51. The molecule has 10 aromatic rings. The maximum absolute atomic E-state index is 14.0. The smallest absolute Gasteiger partial charge is 0.123 e. The summed E-state index contributed by atoms with van der Waals surface area (Å²) in [4.78, 5) is 4.36. The van der Waals surface area contributed by atoms with Crippen LogP contribution >= 0.6 is 0 Å². The van der Waals surface area contributed by atoms with Crippen LogP contribution in [0.25, 0.3) is 54.6 Å². The number of hydrogen-bond acceptors (Lipinski definition) is 2. The zero-order chi connectivity index (χ0) is 39.8. The Morgan fingerprint density at radius 3 is 1.49 bits per heavy atom. The van der Waals surface area contributed by atoms with Crippen LogP contribution in [0, 0.1) is 11.6 Å². The van der Waals surface area contributed by atoms with Crippen LogP contribution in [0.1, 0.15) is 25.0 Å². The Kier molecular flexibility index (Phi) is 7.92. The number of benzene rings is 10. The number of rotatable bonds is 7. The first-order valence-electron chi connectivity index (χ1n) is 20.1. The topological polar surface area (TPSA) is 6.48 Å². The minimum absolute atomic E-state index is 0.282. The highest BCUT2D eigenvalue weighted by atomic mass is 19.1. The Balaban J connectivity index is 1.07. The van der Waals surface area contributed by atoms with E-state index in [1.54, 1.807) is 24.3 Å². The summed E-state index contributed by atoms with van der Waals surface area (Å²) < 4.78 is 28.0. The van der Waals surface area contributed by atoms with Gasteiger partial charge in [-0.15, -0.1) is 0 Å². The van der Waals surface area contributed by atoms with E-state index in [4.69, 9.17) is 0 Å². The molecule has 1 aliphatic rings. The molecule has 11 rings (SSSR count). The first-order valence-corrected chi connectivity index (χ1v) is 20.1. The summed E-state index contributed by atoms with van der Waals surface area (Å²) >= 11 is 0. The fourth-order valence-electron chi connectivity index (χ4n) is 9.66. The van der Waals surface area contributed by atoms with Gasteiger partial charge in [-0.1, -0.05) is 105 Å². The number of nitrogens with zero attached hydrogens (tertiary/aromatic N) is 2. The van der Waals surface area contributed by atoms with Crippen molar-refractivity contribution in [1.29, 1.82) is 0 Å². The third kappa shape index (κ3) is 5.51. The summed E-state index contributed by atoms with van der Waals surface area (Å²) in [5, 5.41) is 7.55. The second kappa shape index (κ2) is 13.4. The lowest BCUT2D eigenvalue weighted by atomic mass is 9.77. The van der Waals surface area contributed by atoms with E-state index in [-0.39, 0.29) is 17.0 Å². The molecule has 0 aliphatic heterocycles. The van der Waals surface area contributed by atoms with E-state index in [1.807, 2.05) is 4.90 Å². The maximum atomic E-state index is 14.0. The maximum Gasteiger partial charge on any atom is 0.123 e. The molecule has 0 atom stereocenters. The van der Waals surface area contributed by atoms with Crippen LogP contribution in [0.3, 0.4) is 0 Å². The normalized spacial score (nSPS) is 12.9. The van der Waals surface area contributed by atoms with Gasteiger partial charge < -0.3 is 9.80 Å². The van der Waals surface area contributed by atoms with Gasteiger partial charge >= 0.3 is 0 Å². The highest BCUT2D eigenvalue weighted by molar-refractivity contribution is 6.31. The molecule has 0 saturated carbocycles. The number of para-hydroxylation sites is 2. The van der Waals surface area contributed by atoms with E-state index in [1.165, 1.54) is 78.8 Å². The molecule has 1 aliphatic carbocycles. The van der Waals surface area contributed by atoms with Crippen LogP contribution in [0.4, 0.5) is 42.9 Å². The van der Waals surface area contributed by atoms with Crippen molar-refractivity contribution in [2.24, 2.45) is 0 Å². The van der Waals surface area contributed by atoms with Gasteiger partial charge in [0.25, 0.3) is 0 Å². The van der Waals surface area contributed by atoms with E-state index >= 15 is 0 Å². The summed E-state index contributed by atoms with van der Waals surface area (Å²) in [5.41, 5.74) is 13.1. The molecule has 0 heterocycles. The first kappa shape index (κ1) is 34.9. The summed E-state index contributed by atoms with van der Waals surface area (Å²) in [5.74, 6) is -0.616. The molecule has 0 N–H and O–H groups in total. The molecule has 0 unspecified atom stereocenters. The summed E-state index contributed by atoms with van der Waals surface area (Å²) in [7, 11) is 0. The molecule has 0 radical (unpaired) electrons. The van der Waals surface area contributed by atoms with E-state index in [9.17, 15) is 8.78 Å². The van der Waals surface area contributed by atoms with Crippen LogP contribution in [0.15, 0.2) is 194 Å². The second-order valence-corrected chi connectivity index (χ2v) is 16.0. The van der Waals surface area contributed by atoms with Gasteiger partial charge in [0.2, 0.25) is 0 Å². The number of hydrogen-bond donors (Lipinski definition) is 0.